The van der Waals surface area contributed by atoms with Gasteiger partial charge in [-0.05, 0) is 23.6 Å². The Hall–Kier alpha value is -0.750. The van der Waals surface area contributed by atoms with Crippen LogP contribution in [-0.2, 0) is 5.75 Å². The fourth-order valence-corrected chi connectivity index (χ4v) is 3.02. The normalized spacial score (nSPS) is 14.1. The molecule has 1 aromatic carbocycles. The molecule has 1 aromatic heterocycles. The number of thioether (sulfide) groups is 1. The van der Waals surface area contributed by atoms with Gasteiger partial charge in [-0.2, -0.15) is 0 Å². The van der Waals surface area contributed by atoms with E-state index in [4.69, 9.17) is 33.4 Å². The fraction of sp³-hybridized carbons (Fsp3) is 0.429. The molecule has 0 saturated carbocycles. The minimum atomic E-state index is -0.226. The molecule has 2 aromatic rings. The number of hydrogen-bond acceptors (Lipinski definition) is 5. The van der Waals surface area contributed by atoms with Crippen molar-refractivity contribution in [2.75, 3.05) is 0 Å². The molecule has 0 unspecified atom stereocenters. The van der Waals surface area contributed by atoms with Gasteiger partial charge < -0.3 is 10.2 Å². The number of benzene rings is 1. The first-order valence-corrected chi connectivity index (χ1v) is 8.41. The summed E-state index contributed by atoms with van der Waals surface area (Å²) in [5.74, 6) is 1.42. The molecule has 0 amide bonds. The van der Waals surface area contributed by atoms with E-state index >= 15 is 0 Å². The molecule has 0 fully saturated rings. The van der Waals surface area contributed by atoms with E-state index in [2.05, 4.69) is 24.0 Å². The summed E-state index contributed by atoms with van der Waals surface area (Å²) in [4.78, 5) is 0. The summed E-state index contributed by atoms with van der Waals surface area (Å²) in [6.45, 7) is 4.15. The highest BCUT2D eigenvalue weighted by Gasteiger charge is 2.20. The van der Waals surface area contributed by atoms with Crippen LogP contribution in [0.4, 0.5) is 0 Å². The van der Waals surface area contributed by atoms with Crippen molar-refractivity contribution in [3.63, 3.8) is 0 Å². The maximum atomic E-state index is 6.13. The van der Waals surface area contributed by atoms with Crippen LogP contribution < -0.4 is 5.73 Å². The molecule has 114 valence electrons. The van der Waals surface area contributed by atoms with Crippen molar-refractivity contribution in [3.8, 4) is 0 Å². The van der Waals surface area contributed by atoms with Gasteiger partial charge in [-0.3, -0.25) is 0 Å². The van der Waals surface area contributed by atoms with Crippen LogP contribution in [0.25, 0.3) is 0 Å². The molecule has 1 heterocycles. The molecule has 0 spiro atoms. The van der Waals surface area contributed by atoms with Gasteiger partial charge in [0.25, 0.3) is 5.22 Å². The maximum absolute atomic E-state index is 6.13. The number of hydrogen-bond donors (Lipinski definition) is 1. The third-order valence-corrected chi connectivity index (χ3v) is 4.78. The van der Waals surface area contributed by atoms with Crippen LogP contribution in [0.1, 0.15) is 37.8 Å². The Morgan fingerprint density at radius 2 is 2.10 bits per heavy atom. The predicted molar refractivity (Wildman–Crippen MR) is 86.7 cm³/mol. The van der Waals surface area contributed by atoms with Crippen LogP contribution >= 0.6 is 35.0 Å². The molecule has 2 N–H and O–H groups in total. The first kappa shape index (κ1) is 16.6. The van der Waals surface area contributed by atoms with Crippen molar-refractivity contribution in [2.24, 2.45) is 11.7 Å². The number of rotatable bonds is 6. The zero-order chi connectivity index (χ0) is 15.4. The molecule has 0 saturated heterocycles. The highest BCUT2D eigenvalue weighted by molar-refractivity contribution is 7.98. The Balaban J connectivity index is 1.99. The van der Waals surface area contributed by atoms with E-state index in [0.717, 1.165) is 12.0 Å². The Morgan fingerprint density at radius 3 is 2.76 bits per heavy atom. The van der Waals surface area contributed by atoms with E-state index in [1.807, 2.05) is 6.07 Å². The zero-order valence-corrected chi connectivity index (χ0v) is 14.2. The van der Waals surface area contributed by atoms with Gasteiger partial charge in [0.05, 0.1) is 6.04 Å². The third-order valence-electron chi connectivity index (χ3n) is 3.33. The third kappa shape index (κ3) is 4.36. The van der Waals surface area contributed by atoms with Crippen molar-refractivity contribution in [2.45, 2.75) is 37.3 Å². The van der Waals surface area contributed by atoms with Crippen LogP contribution in [-0.4, -0.2) is 10.2 Å². The lowest BCUT2D eigenvalue weighted by Crippen LogP contribution is -2.18. The quantitative estimate of drug-likeness (QED) is 0.767. The average Bonchev–Trinajstić information content (AvgIpc) is 2.93. The van der Waals surface area contributed by atoms with Crippen LogP contribution in [0.15, 0.2) is 27.8 Å². The van der Waals surface area contributed by atoms with E-state index in [0.29, 0.717) is 32.8 Å². The molecule has 2 rings (SSSR count). The molecular formula is C14H17Cl2N3OS. The number of nitrogens with two attached hydrogens (primary N) is 1. The van der Waals surface area contributed by atoms with Crippen LogP contribution in [0, 0.1) is 5.92 Å². The van der Waals surface area contributed by atoms with Gasteiger partial charge in [-0.15, -0.1) is 10.2 Å². The lowest BCUT2D eigenvalue weighted by atomic mass is 10.0. The minimum Gasteiger partial charge on any atom is -0.414 e. The smallest absolute Gasteiger partial charge is 0.276 e. The van der Waals surface area contributed by atoms with Crippen molar-refractivity contribution < 1.29 is 4.42 Å². The van der Waals surface area contributed by atoms with Gasteiger partial charge in [0.1, 0.15) is 0 Å². The molecule has 0 aliphatic rings. The second-order valence-electron chi connectivity index (χ2n) is 4.84. The van der Waals surface area contributed by atoms with Crippen molar-refractivity contribution in [3.05, 3.63) is 39.7 Å². The van der Waals surface area contributed by atoms with Crippen LogP contribution in [0.5, 0.6) is 0 Å². The van der Waals surface area contributed by atoms with Crippen molar-refractivity contribution in [1.82, 2.24) is 10.2 Å². The predicted octanol–water partition coefficient (Wildman–Crippen LogP) is 4.71. The summed E-state index contributed by atoms with van der Waals surface area (Å²) in [6, 6.07) is 5.19. The lowest BCUT2D eigenvalue weighted by Gasteiger charge is -2.13. The molecule has 0 radical (unpaired) electrons. The second-order valence-corrected chi connectivity index (χ2v) is 6.61. The van der Waals surface area contributed by atoms with Gasteiger partial charge in [0, 0.05) is 15.8 Å². The van der Waals surface area contributed by atoms with Gasteiger partial charge in [-0.1, -0.05) is 61.3 Å². The summed E-state index contributed by atoms with van der Waals surface area (Å²) >= 11 is 13.4. The van der Waals surface area contributed by atoms with Crippen LogP contribution in [0.3, 0.4) is 0 Å². The first-order valence-electron chi connectivity index (χ1n) is 6.67. The van der Waals surface area contributed by atoms with E-state index in [-0.39, 0.29) is 6.04 Å². The molecular weight excluding hydrogens is 329 g/mol. The topological polar surface area (TPSA) is 64.9 Å². The summed E-state index contributed by atoms with van der Waals surface area (Å²) in [5.41, 5.74) is 7.04. The highest BCUT2D eigenvalue weighted by Crippen LogP contribution is 2.29. The molecule has 7 heteroatoms. The standard InChI is InChI=1S/C14H17Cl2N3OS/c1-3-8(2)12(17)13-18-19-14(20-13)21-7-9-4-5-10(15)6-11(9)16/h4-6,8,12H,3,7,17H2,1-2H3/t8-,12+/m1/s1. The first-order chi connectivity index (χ1) is 10.0. The summed E-state index contributed by atoms with van der Waals surface area (Å²) in [7, 11) is 0. The number of halogens is 2. The van der Waals surface area contributed by atoms with Gasteiger partial charge in [0.2, 0.25) is 5.89 Å². The molecule has 0 bridgehead atoms. The molecule has 0 aliphatic carbocycles. The molecule has 2 atom stereocenters. The van der Waals surface area contributed by atoms with E-state index in [1.165, 1.54) is 11.8 Å². The molecule has 0 aliphatic heterocycles. The minimum absolute atomic E-state index is 0.226. The van der Waals surface area contributed by atoms with Gasteiger partial charge in [-0.25, -0.2) is 0 Å². The fourth-order valence-electron chi connectivity index (χ4n) is 1.69. The maximum Gasteiger partial charge on any atom is 0.276 e. The Labute approximate surface area is 138 Å². The van der Waals surface area contributed by atoms with Crippen molar-refractivity contribution in [1.29, 1.82) is 0 Å². The lowest BCUT2D eigenvalue weighted by molar-refractivity contribution is 0.333. The van der Waals surface area contributed by atoms with Gasteiger partial charge >= 0.3 is 0 Å². The average molecular weight is 346 g/mol. The summed E-state index contributed by atoms with van der Waals surface area (Å²) in [6.07, 6.45) is 0.965. The van der Waals surface area contributed by atoms with Crippen molar-refractivity contribution >= 4 is 35.0 Å². The number of nitrogens with zero attached hydrogens (tertiary/aromatic N) is 2. The monoisotopic (exact) mass is 345 g/mol. The number of aromatic nitrogens is 2. The van der Waals surface area contributed by atoms with E-state index < -0.39 is 0 Å². The largest absolute Gasteiger partial charge is 0.414 e. The second kappa shape index (κ2) is 7.49. The summed E-state index contributed by atoms with van der Waals surface area (Å²) in [5, 5.41) is 9.78. The Kier molecular flexibility index (Phi) is 5.93. The molecule has 4 nitrogen and oxygen atoms in total. The Morgan fingerprint density at radius 1 is 1.33 bits per heavy atom. The summed E-state index contributed by atoms with van der Waals surface area (Å²) < 4.78 is 5.60. The highest BCUT2D eigenvalue weighted by atomic mass is 35.5. The molecule has 21 heavy (non-hydrogen) atoms. The SMILES string of the molecule is CC[C@@H](C)[C@H](N)c1nnc(SCc2ccc(Cl)cc2Cl)o1. The zero-order valence-electron chi connectivity index (χ0n) is 11.8. The van der Waals surface area contributed by atoms with E-state index in [9.17, 15) is 0 Å². The van der Waals surface area contributed by atoms with Crippen LogP contribution in [0.2, 0.25) is 10.0 Å². The Bertz CT molecular complexity index is 606. The van der Waals surface area contributed by atoms with Gasteiger partial charge in [0.15, 0.2) is 0 Å². The van der Waals surface area contributed by atoms with E-state index in [1.54, 1.807) is 12.1 Å².